The van der Waals surface area contributed by atoms with Gasteiger partial charge < -0.3 is 29.0 Å². The monoisotopic (exact) mass is 680 g/mol. The van der Waals surface area contributed by atoms with Crippen LogP contribution in [0, 0.1) is 0 Å². The van der Waals surface area contributed by atoms with Gasteiger partial charge in [0.25, 0.3) is 5.91 Å². The zero-order valence-corrected chi connectivity index (χ0v) is 28.5. The molecule has 50 heavy (non-hydrogen) atoms. The second-order valence-corrected chi connectivity index (χ2v) is 11.8. The van der Waals surface area contributed by atoms with Crippen molar-refractivity contribution >= 4 is 23.8 Å². The molecule has 1 atom stereocenters. The summed E-state index contributed by atoms with van der Waals surface area (Å²) in [6.45, 7) is 0.748. The van der Waals surface area contributed by atoms with Crippen molar-refractivity contribution in [2.75, 3.05) is 41.5 Å². The fraction of sp³-hybridized carbons (Fsp3) is 0.282. The Morgan fingerprint density at radius 2 is 1.24 bits per heavy atom. The smallest absolute Gasteiger partial charge is 0.338 e. The van der Waals surface area contributed by atoms with Crippen LogP contribution in [0.5, 0.6) is 11.5 Å². The second-order valence-electron chi connectivity index (χ2n) is 11.8. The van der Waals surface area contributed by atoms with E-state index in [4.69, 9.17) is 23.7 Å². The van der Waals surface area contributed by atoms with Crippen LogP contribution >= 0.6 is 0 Å². The lowest BCUT2D eigenvalue weighted by molar-refractivity contribution is 0.0143. The number of hydrogen-bond donors (Lipinski definition) is 1. The molecule has 1 unspecified atom stereocenters. The SMILES string of the molecule is COC(=O)c1ccc(C(=O)NCC(CN(Cc2ccc(OC)cc2OC)C2Cc3ccccc3C2)OC(=O)c2ccc(C(=O)OC)cc2)cc1. The maximum absolute atomic E-state index is 13.5. The van der Waals surface area contributed by atoms with Crippen LogP contribution in [0.25, 0.3) is 0 Å². The van der Waals surface area contributed by atoms with Crippen molar-refractivity contribution in [2.45, 2.75) is 31.5 Å². The van der Waals surface area contributed by atoms with E-state index < -0.39 is 29.9 Å². The number of nitrogens with one attached hydrogen (secondary N) is 1. The minimum atomic E-state index is -0.783. The highest BCUT2D eigenvalue weighted by Gasteiger charge is 2.31. The van der Waals surface area contributed by atoms with Crippen LogP contribution in [0.3, 0.4) is 0 Å². The van der Waals surface area contributed by atoms with Crippen molar-refractivity contribution in [3.05, 3.63) is 130 Å². The Morgan fingerprint density at radius 3 is 1.76 bits per heavy atom. The summed E-state index contributed by atoms with van der Waals surface area (Å²) in [5.74, 6) is -0.717. The van der Waals surface area contributed by atoms with E-state index >= 15 is 0 Å². The molecule has 0 aliphatic heterocycles. The number of carbonyl (C=O) groups is 4. The van der Waals surface area contributed by atoms with Gasteiger partial charge >= 0.3 is 17.9 Å². The van der Waals surface area contributed by atoms with Crippen molar-refractivity contribution in [3.63, 3.8) is 0 Å². The number of nitrogens with zero attached hydrogens (tertiary/aromatic N) is 1. The predicted octanol–water partition coefficient (Wildman–Crippen LogP) is 4.90. The van der Waals surface area contributed by atoms with Crippen molar-refractivity contribution < 1.29 is 42.9 Å². The zero-order chi connectivity index (χ0) is 35.6. The third kappa shape index (κ3) is 8.66. The number of esters is 3. The molecule has 0 saturated carbocycles. The molecule has 1 N–H and O–H groups in total. The normalized spacial score (nSPS) is 12.8. The maximum Gasteiger partial charge on any atom is 0.338 e. The third-order valence-electron chi connectivity index (χ3n) is 8.73. The number of carbonyl (C=O) groups excluding carboxylic acids is 4. The largest absolute Gasteiger partial charge is 0.497 e. The van der Waals surface area contributed by atoms with Gasteiger partial charge in [-0.25, -0.2) is 14.4 Å². The first-order chi connectivity index (χ1) is 24.2. The fourth-order valence-electron chi connectivity index (χ4n) is 6.01. The first-order valence-corrected chi connectivity index (χ1v) is 16.1. The molecule has 260 valence electrons. The Bertz CT molecular complexity index is 1800. The van der Waals surface area contributed by atoms with E-state index in [0.29, 0.717) is 34.7 Å². The van der Waals surface area contributed by atoms with Crippen molar-refractivity contribution in [3.8, 4) is 11.5 Å². The molecule has 0 radical (unpaired) electrons. The highest BCUT2D eigenvalue weighted by Crippen LogP contribution is 2.30. The van der Waals surface area contributed by atoms with Crippen LogP contribution in [-0.4, -0.2) is 82.4 Å². The van der Waals surface area contributed by atoms with Crippen LogP contribution in [0.2, 0.25) is 0 Å². The fourth-order valence-corrected chi connectivity index (χ4v) is 6.01. The summed E-state index contributed by atoms with van der Waals surface area (Å²) in [7, 11) is 5.78. The minimum Gasteiger partial charge on any atom is -0.497 e. The quantitative estimate of drug-likeness (QED) is 0.145. The average molecular weight is 681 g/mol. The van der Waals surface area contributed by atoms with Crippen LogP contribution < -0.4 is 14.8 Å². The Balaban J connectivity index is 1.41. The van der Waals surface area contributed by atoms with E-state index in [-0.39, 0.29) is 24.7 Å². The lowest BCUT2D eigenvalue weighted by atomic mass is 10.1. The van der Waals surface area contributed by atoms with Gasteiger partial charge in [0.2, 0.25) is 0 Å². The van der Waals surface area contributed by atoms with Crippen molar-refractivity contribution in [1.29, 1.82) is 0 Å². The molecule has 0 bridgehead atoms. The summed E-state index contributed by atoms with van der Waals surface area (Å²) in [6.07, 6.45) is 0.806. The third-order valence-corrected chi connectivity index (χ3v) is 8.73. The lowest BCUT2D eigenvalue weighted by Crippen LogP contribution is -2.46. The van der Waals surface area contributed by atoms with E-state index in [1.807, 2.05) is 30.3 Å². The number of benzene rings is 4. The number of rotatable bonds is 14. The van der Waals surface area contributed by atoms with Gasteiger partial charge in [0.15, 0.2) is 0 Å². The molecular weight excluding hydrogens is 640 g/mol. The van der Waals surface area contributed by atoms with Gasteiger partial charge in [-0.15, -0.1) is 0 Å². The lowest BCUT2D eigenvalue weighted by Gasteiger charge is -2.33. The molecule has 1 aliphatic carbocycles. The van der Waals surface area contributed by atoms with Gasteiger partial charge in [0, 0.05) is 36.3 Å². The van der Waals surface area contributed by atoms with Crippen molar-refractivity contribution in [2.24, 2.45) is 0 Å². The first kappa shape index (κ1) is 35.6. The topological polar surface area (TPSA) is 130 Å². The molecule has 4 aromatic carbocycles. The van der Waals surface area contributed by atoms with Gasteiger partial charge in [-0.05, 0) is 78.6 Å². The first-order valence-electron chi connectivity index (χ1n) is 16.1. The predicted molar refractivity (Wildman–Crippen MR) is 185 cm³/mol. The van der Waals surface area contributed by atoms with Crippen LogP contribution in [0.1, 0.15) is 58.1 Å². The Morgan fingerprint density at radius 1 is 0.700 bits per heavy atom. The van der Waals surface area contributed by atoms with Gasteiger partial charge in [-0.1, -0.05) is 30.3 Å². The molecule has 0 aromatic heterocycles. The highest BCUT2D eigenvalue weighted by atomic mass is 16.5. The van der Waals surface area contributed by atoms with Gasteiger partial charge in [-0.2, -0.15) is 0 Å². The molecule has 11 heteroatoms. The van der Waals surface area contributed by atoms with E-state index in [9.17, 15) is 19.2 Å². The summed E-state index contributed by atoms with van der Waals surface area (Å²) in [6, 6.07) is 26.1. The summed E-state index contributed by atoms with van der Waals surface area (Å²) in [4.78, 5) is 52.8. The molecule has 0 heterocycles. The number of fused-ring (bicyclic) bond motifs is 1. The summed E-state index contributed by atoms with van der Waals surface area (Å²) >= 11 is 0. The maximum atomic E-state index is 13.5. The van der Waals surface area contributed by atoms with E-state index in [1.54, 1.807) is 14.2 Å². The molecule has 0 spiro atoms. The number of ether oxygens (including phenoxy) is 5. The highest BCUT2D eigenvalue weighted by molar-refractivity contribution is 5.96. The number of amides is 1. The molecule has 4 aromatic rings. The van der Waals surface area contributed by atoms with E-state index in [2.05, 4.69) is 22.3 Å². The molecule has 11 nitrogen and oxygen atoms in total. The zero-order valence-electron chi connectivity index (χ0n) is 28.5. The molecule has 5 rings (SSSR count). The van der Waals surface area contributed by atoms with Crippen LogP contribution in [0.15, 0.2) is 91.0 Å². The molecule has 1 aliphatic rings. The van der Waals surface area contributed by atoms with Crippen molar-refractivity contribution in [1.82, 2.24) is 10.2 Å². The molecular formula is C39H40N2O9. The van der Waals surface area contributed by atoms with E-state index in [0.717, 1.165) is 18.4 Å². The Labute approximate surface area is 291 Å². The summed E-state index contributed by atoms with van der Waals surface area (Å²) in [5.41, 5.74) is 4.61. The minimum absolute atomic E-state index is 0.000509. The van der Waals surface area contributed by atoms with Gasteiger partial charge in [0.1, 0.15) is 17.6 Å². The average Bonchev–Trinajstić information content (AvgIpc) is 3.60. The van der Waals surface area contributed by atoms with Gasteiger partial charge in [-0.3, -0.25) is 9.69 Å². The van der Waals surface area contributed by atoms with Crippen LogP contribution in [0.4, 0.5) is 0 Å². The van der Waals surface area contributed by atoms with E-state index in [1.165, 1.54) is 73.9 Å². The standard InChI is InChI=1S/C39H40N2O9/c1-46-33-18-17-31(35(21-33)47-2)23-41(32-19-29-7-5-6-8-30(29)20-32)24-34(50-39(45)28-15-13-27(14-16-28)38(44)49-4)22-40-36(42)25-9-11-26(12-10-25)37(43)48-3/h5-18,21,32,34H,19-20,22-24H2,1-4H3,(H,40,42). The Kier molecular flexibility index (Phi) is 11.8. The molecule has 0 saturated heterocycles. The number of methoxy groups -OCH3 is 4. The number of hydrogen-bond acceptors (Lipinski definition) is 10. The molecule has 1 amide bonds. The second kappa shape index (κ2) is 16.6. The van der Waals surface area contributed by atoms with Crippen LogP contribution in [-0.2, 0) is 33.6 Å². The molecule has 0 fully saturated rings. The summed E-state index contributed by atoms with van der Waals surface area (Å²) in [5, 5.41) is 2.90. The summed E-state index contributed by atoms with van der Waals surface area (Å²) < 4.78 is 26.7. The Hall–Kier alpha value is -5.68. The van der Waals surface area contributed by atoms with Gasteiger partial charge in [0.05, 0.1) is 51.7 Å².